The van der Waals surface area contributed by atoms with Gasteiger partial charge in [-0.1, -0.05) is 6.92 Å². The summed E-state index contributed by atoms with van der Waals surface area (Å²) >= 11 is 0. The third kappa shape index (κ3) is 3.50. The molecule has 0 radical (unpaired) electrons. The number of benzene rings is 1. The van der Waals surface area contributed by atoms with E-state index in [2.05, 4.69) is 27.1 Å². The molecular formula is C17H23N5O3S. The summed E-state index contributed by atoms with van der Waals surface area (Å²) in [6.07, 6.45) is 3.42. The van der Waals surface area contributed by atoms with Gasteiger partial charge in [-0.15, -0.1) is 0 Å². The number of amides is 1. The Labute approximate surface area is 153 Å². The molecule has 0 bridgehead atoms. The summed E-state index contributed by atoms with van der Waals surface area (Å²) in [7, 11) is -2.10. The van der Waals surface area contributed by atoms with Crippen LogP contribution in [-0.4, -0.2) is 66.7 Å². The van der Waals surface area contributed by atoms with E-state index in [-0.39, 0.29) is 16.8 Å². The Morgan fingerprint density at radius 3 is 2.62 bits per heavy atom. The van der Waals surface area contributed by atoms with Crippen molar-refractivity contribution in [1.29, 1.82) is 0 Å². The lowest BCUT2D eigenvalue weighted by atomic mass is 10.2. The van der Waals surface area contributed by atoms with E-state index in [1.54, 1.807) is 12.4 Å². The first kappa shape index (κ1) is 18.6. The molecule has 1 aromatic carbocycles. The van der Waals surface area contributed by atoms with Gasteiger partial charge in [-0.3, -0.25) is 9.69 Å². The van der Waals surface area contributed by atoms with Crippen molar-refractivity contribution >= 4 is 15.9 Å². The Kier molecular flexibility index (Phi) is 5.40. The van der Waals surface area contributed by atoms with Crippen LogP contribution in [0.15, 0.2) is 41.6 Å². The topological polar surface area (TPSA) is 98.4 Å². The first-order valence-electron chi connectivity index (χ1n) is 8.53. The molecule has 140 valence electrons. The molecule has 0 saturated carbocycles. The summed E-state index contributed by atoms with van der Waals surface area (Å²) in [5.41, 5.74) is 0.427. The van der Waals surface area contributed by atoms with Gasteiger partial charge in [0.05, 0.1) is 10.9 Å². The van der Waals surface area contributed by atoms with Crippen LogP contribution in [-0.2, 0) is 10.0 Å². The number of aromatic amines is 1. The number of carbonyl (C=O) groups is 1. The van der Waals surface area contributed by atoms with E-state index in [0.717, 1.165) is 12.4 Å². The molecule has 8 nitrogen and oxygen atoms in total. The largest absolute Gasteiger partial charge is 0.355 e. The third-order valence-electron chi connectivity index (χ3n) is 4.68. The van der Waals surface area contributed by atoms with E-state index in [1.165, 1.54) is 35.6 Å². The highest BCUT2D eigenvalue weighted by atomic mass is 32.2. The van der Waals surface area contributed by atoms with Crippen LogP contribution in [0.1, 0.15) is 29.1 Å². The maximum Gasteiger partial charge on any atom is 0.251 e. The molecule has 0 spiro atoms. The van der Waals surface area contributed by atoms with Gasteiger partial charge >= 0.3 is 0 Å². The van der Waals surface area contributed by atoms with Gasteiger partial charge < -0.3 is 10.3 Å². The maximum absolute atomic E-state index is 13.0. The van der Waals surface area contributed by atoms with Crippen molar-refractivity contribution in [3.8, 4) is 0 Å². The van der Waals surface area contributed by atoms with E-state index in [0.29, 0.717) is 25.2 Å². The van der Waals surface area contributed by atoms with Gasteiger partial charge in [-0.05, 0) is 30.8 Å². The maximum atomic E-state index is 13.0. The summed E-state index contributed by atoms with van der Waals surface area (Å²) in [6, 6.07) is 5.90. The number of piperazine rings is 1. The van der Waals surface area contributed by atoms with Crippen molar-refractivity contribution in [1.82, 2.24) is 24.5 Å². The lowest BCUT2D eigenvalue weighted by molar-refractivity contribution is 0.0963. The number of aromatic nitrogens is 2. The predicted octanol–water partition coefficient (Wildman–Crippen LogP) is 0.837. The highest BCUT2D eigenvalue weighted by molar-refractivity contribution is 7.89. The number of hydrogen-bond acceptors (Lipinski definition) is 5. The van der Waals surface area contributed by atoms with Crippen LogP contribution in [0, 0.1) is 0 Å². The number of hydrogen-bond donors (Lipinski definition) is 2. The van der Waals surface area contributed by atoms with E-state index < -0.39 is 10.0 Å². The zero-order valence-corrected chi connectivity index (χ0v) is 15.7. The number of likely N-dealkylation sites (N-methyl/N-ethyl adjacent to an activating group) is 1. The standard InChI is InChI=1S/C17H23N5O3S/c1-3-21-10-11-22(12-15(21)16-19-8-9-20-16)26(24,25)14-6-4-13(5-7-14)17(23)18-2/h4-9,15H,3,10-12H2,1-2H3,(H,18,23)(H,19,20)/t15-/m0/s1. The minimum atomic E-state index is -3.63. The van der Waals surface area contributed by atoms with Gasteiger partial charge in [0.2, 0.25) is 10.0 Å². The fraction of sp³-hybridized carbons (Fsp3) is 0.412. The van der Waals surface area contributed by atoms with Crippen molar-refractivity contribution < 1.29 is 13.2 Å². The van der Waals surface area contributed by atoms with Gasteiger partial charge in [-0.25, -0.2) is 13.4 Å². The van der Waals surface area contributed by atoms with Gasteiger partial charge in [-0.2, -0.15) is 4.31 Å². The number of imidazole rings is 1. The van der Waals surface area contributed by atoms with Crippen molar-refractivity contribution in [2.24, 2.45) is 0 Å². The van der Waals surface area contributed by atoms with E-state index in [9.17, 15) is 13.2 Å². The number of H-pyrrole nitrogens is 1. The van der Waals surface area contributed by atoms with Gasteiger partial charge in [0.25, 0.3) is 5.91 Å². The second kappa shape index (κ2) is 7.56. The summed E-state index contributed by atoms with van der Waals surface area (Å²) in [6.45, 7) is 4.26. The van der Waals surface area contributed by atoms with Crippen LogP contribution in [0.4, 0.5) is 0 Å². The Bertz CT molecular complexity index is 849. The number of carbonyl (C=O) groups excluding carboxylic acids is 1. The lowest BCUT2D eigenvalue weighted by Gasteiger charge is -2.39. The fourth-order valence-electron chi connectivity index (χ4n) is 3.18. The number of rotatable bonds is 5. The highest BCUT2D eigenvalue weighted by Gasteiger charge is 2.35. The quantitative estimate of drug-likeness (QED) is 0.804. The lowest BCUT2D eigenvalue weighted by Crippen LogP contribution is -2.50. The van der Waals surface area contributed by atoms with Gasteiger partial charge in [0.15, 0.2) is 0 Å². The average Bonchev–Trinajstić information content (AvgIpc) is 3.21. The molecule has 9 heteroatoms. The van der Waals surface area contributed by atoms with Crippen molar-refractivity contribution in [3.63, 3.8) is 0 Å². The van der Waals surface area contributed by atoms with Crippen molar-refractivity contribution in [3.05, 3.63) is 48.0 Å². The molecule has 2 heterocycles. The molecule has 0 aliphatic carbocycles. The number of sulfonamides is 1. The summed E-state index contributed by atoms with van der Waals surface area (Å²) in [5, 5.41) is 2.52. The monoisotopic (exact) mass is 377 g/mol. The zero-order chi connectivity index (χ0) is 18.7. The number of nitrogens with zero attached hydrogens (tertiary/aromatic N) is 3. The van der Waals surface area contributed by atoms with Crippen LogP contribution < -0.4 is 5.32 Å². The molecule has 0 unspecified atom stereocenters. The minimum absolute atomic E-state index is 0.108. The molecule has 1 aromatic heterocycles. The second-order valence-corrected chi connectivity index (χ2v) is 8.02. The molecule has 1 amide bonds. The number of nitrogens with one attached hydrogen (secondary N) is 2. The van der Waals surface area contributed by atoms with E-state index >= 15 is 0 Å². The highest BCUT2D eigenvalue weighted by Crippen LogP contribution is 2.27. The molecule has 2 N–H and O–H groups in total. The van der Waals surface area contributed by atoms with E-state index in [1.807, 2.05) is 0 Å². The zero-order valence-electron chi connectivity index (χ0n) is 14.8. The fourth-order valence-corrected chi connectivity index (χ4v) is 4.62. The van der Waals surface area contributed by atoms with E-state index in [4.69, 9.17) is 0 Å². The Balaban J connectivity index is 1.84. The molecule has 3 rings (SSSR count). The molecule has 2 aromatic rings. The van der Waals surface area contributed by atoms with Crippen molar-refractivity contribution in [2.45, 2.75) is 17.9 Å². The predicted molar refractivity (Wildman–Crippen MR) is 97.2 cm³/mol. The first-order chi connectivity index (χ1) is 12.5. The van der Waals surface area contributed by atoms with Crippen molar-refractivity contribution in [2.75, 3.05) is 33.2 Å². The Morgan fingerprint density at radius 2 is 2.04 bits per heavy atom. The summed E-state index contributed by atoms with van der Waals surface area (Å²) in [5.74, 6) is 0.519. The third-order valence-corrected chi connectivity index (χ3v) is 6.56. The molecule has 1 saturated heterocycles. The molecule has 1 aliphatic rings. The molecular weight excluding hydrogens is 354 g/mol. The molecule has 1 fully saturated rings. The van der Waals surface area contributed by atoms with Crippen LogP contribution >= 0.6 is 0 Å². The average molecular weight is 377 g/mol. The van der Waals surface area contributed by atoms with Gasteiger partial charge in [0.1, 0.15) is 5.82 Å². The smallest absolute Gasteiger partial charge is 0.251 e. The summed E-state index contributed by atoms with van der Waals surface area (Å²) in [4.78, 5) is 21.4. The first-order valence-corrected chi connectivity index (χ1v) is 9.97. The SMILES string of the molecule is CCN1CCN(S(=O)(=O)c2ccc(C(=O)NC)cc2)C[C@H]1c1ncc[nH]1. The minimum Gasteiger partial charge on any atom is -0.355 e. The molecule has 1 aliphatic heterocycles. The van der Waals surface area contributed by atoms with Crippen LogP contribution in [0.25, 0.3) is 0 Å². The Morgan fingerprint density at radius 1 is 1.31 bits per heavy atom. The summed E-state index contributed by atoms with van der Waals surface area (Å²) < 4.78 is 27.5. The van der Waals surface area contributed by atoms with Crippen LogP contribution in [0.2, 0.25) is 0 Å². The molecule has 1 atom stereocenters. The second-order valence-electron chi connectivity index (χ2n) is 6.09. The van der Waals surface area contributed by atoms with Gasteiger partial charge in [0, 0.05) is 44.6 Å². The normalized spacial score (nSPS) is 19.4. The molecule has 26 heavy (non-hydrogen) atoms. The Hall–Kier alpha value is -2.23. The van der Waals surface area contributed by atoms with Crippen LogP contribution in [0.3, 0.4) is 0 Å². The van der Waals surface area contributed by atoms with Crippen LogP contribution in [0.5, 0.6) is 0 Å².